The summed E-state index contributed by atoms with van der Waals surface area (Å²) in [6, 6.07) is 12.2. The van der Waals surface area contributed by atoms with Crippen LogP contribution in [0.25, 0.3) is 5.65 Å². The van der Waals surface area contributed by atoms with Crippen molar-refractivity contribution >= 4 is 17.2 Å². The van der Waals surface area contributed by atoms with Gasteiger partial charge in [0.15, 0.2) is 5.75 Å². The largest absolute Gasteiger partial charge is 0.842 e. The number of benzene rings is 1. The predicted molar refractivity (Wildman–Crippen MR) is 103 cm³/mol. The van der Waals surface area contributed by atoms with Gasteiger partial charge in [-0.15, -0.1) is 0 Å². The molecule has 0 atom stereocenters. The van der Waals surface area contributed by atoms with Crippen molar-refractivity contribution in [3.05, 3.63) is 93.4 Å². The molecule has 29 heavy (non-hydrogen) atoms. The molecular formula is C21H15ClFN3O3. The lowest BCUT2D eigenvalue weighted by Crippen LogP contribution is -2.44. The van der Waals surface area contributed by atoms with Gasteiger partial charge >= 0.3 is 5.56 Å². The summed E-state index contributed by atoms with van der Waals surface area (Å²) in [5, 5.41) is 13.1. The summed E-state index contributed by atoms with van der Waals surface area (Å²) in [7, 11) is 0. The molecule has 1 aromatic carbocycles. The Morgan fingerprint density at radius 2 is 1.86 bits per heavy atom. The minimum atomic E-state index is -0.431. The molecule has 3 heterocycles. The van der Waals surface area contributed by atoms with Crippen molar-refractivity contribution in [2.45, 2.75) is 13.5 Å². The third-order valence-corrected chi connectivity index (χ3v) is 4.68. The van der Waals surface area contributed by atoms with E-state index in [-0.39, 0.29) is 23.8 Å². The summed E-state index contributed by atoms with van der Waals surface area (Å²) in [5.41, 5.74) is 0.832. The molecular weight excluding hydrogens is 397 g/mol. The fourth-order valence-electron chi connectivity index (χ4n) is 2.97. The number of aromatic nitrogens is 3. The van der Waals surface area contributed by atoms with Crippen molar-refractivity contribution in [3.8, 4) is 17.4 Å². The predicted octanol–water partition coefficient (Wildman–Crippen LogP) is 3.00. The molecule has 4 rings (SSSR count). The van der Waals surface area contributed by atoms with Gasteiger partial charge in [0.1, 0.15) is 29.5 Å². The Hall–Kier alpha value is -3.45. The van der Waals surface area contributed by atoms with E-state index in [1.165, 1.54) is 46.4 Å². The zero-order chi connectivity index (χ0) is 20.5. The zero-order valence-corrected chi connectivity index (χ0v) is 16.1. The number of pyridine rings is 2. The Labute approximate surface area is 170 Å². The van der Waals surface area contributed by atoms with E-state index >= 15 is 0 Å². The third-order valence-electron chi connectivity index (χ3n) is 4.46. The van der Waals surface area contributed by atoms with E-state index in [9.17, 15) is 14.3 Å². The molecule has 0 N–H and O–H groups in total. The molecule has 3 aromatic heterocycles. The van der Waals surface area contributed by atoms with Gasteiger partial charge in [0, 0.05) is 17.8 Å². The van der Waals surface area contributed by atoms with Crippen LogP contribution in [0.3, 0.4) is 0 Å². The summed E-state index contributed by atoms with van der Waals surface area (Å²) in [6.07, 6.45) is 3.09. The van der Waals surface area contributed by atoms with E-state index < -0.39 is 5.56 Å². The van der Waals surface area contributed by atoms with Crippen LogP contribution in [-0.2, 0) is 6.54 Å². The molecule has 6 nitrogen and oxygen atoms in total. The topological polar surface area (TPSA) is 70.5 Å². The summed E-state index contributed by atoms with van der Waals surface area (Å²) >= 11 is 5.82. The first-order chi connectivity index (χ1) is 13.9. The van der Waals surface area contributed by atoms with Gasteiger partial charge in [-0.05, 0) is 43.3 Å². The van der Waals surface area contributed by atoms with E-state index in [1.54, 1.807) is 30.5 Å². The number of hydrogen-bond donors (Lipinski definition) is 0. The highest BCUT2D eigenvalue weighted by Crippen LogP contribution is 2.22. The molecule has 0 saturated carbocycles. The maximum Gasteiger partial charge on any atom is 0.344 e. The number of ether oxygens (including phenoxy) is 1. The standard InChI is InChI=1S/C21H15ClFN3O3/c1-13-20(27)25(11-14-2-8-18(22)24-10-14)19-9-7-17(12-26(19)21(13)28)29-16-5-3-15(23)4-6-16/h2-10,12H,11H2,1H3. The number of halogens is 2. The molecule has 0 bridgehead atoms. The molecule has 0 fully saturated rings. The fraction of sp³-hybridized carbons (Fsp3) is 0.0952. The van der Waals surface area contributed by atoms with Crippen LogP contribution < -0.4 is 20.0 Å². The van der Waals surface area contributed by atoms with Gasteiger partial charge in [0.05, 0.1) is 11.4 Å². The lowest BCUT2D eigenvalue weighted by Gasteiger charge is -2.15. The normalized spacial score (nSPS) is 11.0. The van der Waals surface area contributed by atoms with Crippen molar-refractivity contribution in [1.29, 1.82) is 0 Å². The fourth-order valence-corrected chi connectivity index (χ4v) is 3.08. The minimum absolute atomic E-state index is 0.0864. The monoisotopic (exact) mass is 411 g/mol. The first-order valence-corrected chi connectivity index (χ1v) is 9.10. The van der Waals surface area contributed by atoms with Crippen LogP contribution >= 0.6 is 11.6 Å². The molecule has 0 aliphatic rings. The Kier molecular flexibility index (Phi) is 4.90. The second-order valence-corrected chi connectivity index (χ2v) is 6.85. The number of nitrogens with zero attached hydrogens (tertiary/aromatic N) is 3. The Morgan fingerprint density at radius 1 is 1.14 bits per heavy atom. The van der Waals surface area contributed by atoms with E-state index in [4.69, 9.17) is 16.3 Å². The first-order valence-electron chi connectivity index (χ1n) is 8.72. The van der Waals surface area contributed by atoms with Crippen LogP contribution in [-0.4, -0.2) is 9.38 Å². The average molecular weight is 412 g/mol. The van der Waals surface area contributed by atoms with Crippen LogP contribution in [0, 0.1) is 12.7 Å². The van der Waals surface area contributed by atoms with Gasteiger partial charge in [-0.25, -0.2) is 18.7 Å². The zero-order valence-electron chi connectivity index (χ0n) is 15.3. The molecule has 0 saturated heterocycles. The van der Waals surface area contributed by atoms with Crippen LogP contribution in [0.4, 0.5) is 4.39 Å². The number of rotatable bonds is 4. The van der Waals surface area contributed by atoms with E-state index in [0.717, 1.165) is 5.56 Å². The van der Waals surface area contributed by atoms with E-state index in [2.05, 4.69) is 4.98 Å². The molecule has 0 unspecified atom stereocenters. The van der Waals surface area contributed by atoms with Crippen LogP contribution in [0.2, 0.25) is 5.15 Å². The molecule has 146 valence electrons. The molecule has 0 aliphatic heterocycles. The molecule has 0 amide bonds. The van der Waals surface area contributed by atoms with Gasteiger partial charge in [-0.3, -0.25) is 0 Å². The van der Waals surface area contributed by atoms with Gasteiger partial charge < -0.3 is 9.84 Å². The summed E-state index contributed by atoms with van der Waals surface area (Å²) in [6.45, 7) is 1.72. The SMILES string of the molecule is Cc1c([O-])[n+](Cc2ccc(Cl)nc2)c2ccc(Oc3ccc(F)cc3)cn2c1=O. The lowest BCUT2D eigenvalue weighted by molar-refractivity contribution is -0.709. The quantitative estimate of drug-likeness (QED) is 0.382. The highest BCUT2D eigenvalue weighted by molar-refractivity contribution is 6.29. The van der Waals surface area contributed by atoms with Crippen LogP contribution in [0.1, 0.15) is 11.1 Å². The second-order valence-electron chi connectivity index (χ2n) is 6.46. The summed E-state index contributed by atoms with van der Waals surface area (Å²) in [5.74, 6) is 0.0561. The molecule has 8 heteroatoms. The third kappa shape index (κ3) is 3.77. The van der Waals surface area contributed by atoms with Crippen molar-refractivity contribution in [1.82, 2.24) is 9.38 Å². The van der Waals surface area contributed by atoms with Gasteiger partial charge in [0.25, 0.3) is 5.65 Å². The number of hydrogen-bond acceptors (Lipinski definition) is 4. The smallest absolute Gasteiger partial charge is 0.344 e. The molecule has 0 radical (unpaired) electrons. The highest BCUT2D eigenvalue weighted by Gasteiger charge is 2.18. The minimum Gasteiger partial charge on any atom is -0.842 e. The van der Waals surface area contributed by atoms with Crippen LogP contribution in [0.15, 0.2) is 65.7 Å². The lowest BCUT2D eigenvalue weighted by atomic mass is 10.2. The van der Waals surface area contributed by atoms with E-state index in [1.807, 2.05) is 0 Å². The van der Waals surface area contributed by atoms with Crippen molar-refractivity contribution in [2.75, 3.05) is 0 Å². The molecule has 4 aromatic rings. The van der Waals surface area contributed by atoms with Gasteiger partial charge in [-0.1, -0.05) is 17.7 Å². The highest BCUT2D eigenvalue weighted by atomic mass is 35.5. The van der Waals surface area contributed by atoms with Crippen LogP contribution in [0.5, 0.6) is 17.4 Å². The van der Waals surface area contributed by atoms with Crippen molar-refractivity contribution < 1.29 is 18.8 Å². The average Bonchev–Trinajstić information content (AvgIpc) is 2.73. The summed E-state index contributed by atoms with van der Waals surface area (Å²) in [4.78, 5) is 16.7. The Morgan fingerprint density at radius 3 is 2.55 bits per heavy atom. The number of fused-ring (bicyclic) bond motifs is 1. The molecule has 0 spiro atoms. The van der Waals surface area contributed by atoms with Gasteiger partial charge in [0.2, 0.25) is 0 Å². The van der Waals surface area contributed by atoms with Crippen molar-refractivity contribution in [3.63, 3.8) is 0 Å². The Balaban J connectivity index is 1.79. The van der Waals surface area contributed by atoms with Gasteiger partial charge in [-0.2, -0.15) is 4.40 Å². The summed E-state index contributed by atoms with van der Waals surface area (Å²) < 4.78 is 21.6. The Bertz CT molecular complexity index is 1260. The maximum absolute atomic E-state index is 13.1. The second kappa shape index (κ2) is 7.52. The molecule has 0 aliphatic carbocycles. The first kappa shape index (κ1) is 18.9. The maximum atomic E-state index is 13.1. The van der Waals surface area contributed by atoms with Crippen molar-refractivity contribution in [2.24, 2.45) is 0 Å². The van der Waals surface area contributed by atoms with E-state index in [0.29, 0.717) is 22.3 Å².